The predicted molar refractivity (Wildman–Crippen MR) is 107 cm³/mol. The topological polar surface area (TPSA) is 45.2 Å². The van der Waals surface area contributed by atoms with Crippen LogP contribution in [0, 0.1) is 5.82 Å². The van der Waals surface area contributed by atoms with E-state index in [1.165, 1.54) is 31.4 Å². The number of halogens is 2. The maximum Gasteiger partial charge on any atom is 0.257 e. The number of aromatic nitrogens is 1. The number of fused-ring (bicyclic) bond motifs is 1. The number of amides is 1. The van der Waals surface area contributed by atoms with Crippen LogP contribution < -0.4 is 10.2 Å². The Balaban J connectivity index is 1.69. The third-order valence-corrected chi connectivity index (χ3v) is 5.23. The van der Waals surface area contributed by atoms with Crippen LogP contribution in [0.5, 0.6) is 0 Å². The van der Waals surface area contributed by atoms with Gasteiger partial charge in [0.25, 0.3) is 5.91 Å². The molecule has 2 heterocycles. The Morgan fingerprint density at radius 2 is 1.89 bits per heavy atom. The number of carbonyl (C=O) groups excluding carboxylic acids is 1. The molecule has 6 heteroatoms. The van der Waals surface area contributed by atoms with Gasteiger partial charge in [-0.05, 0) is 55.7 Å². The molecule has 2 aromatic carbocycles. The van der Waals surface area contributed by atoms with Crippen molar-refractivity contribution in [3.63, 3.8) is 0 Å². The van der Waals surface area contributed by atoms with E-state index in [9.17, 15) is 9.18 Å². The third-order valence-electron chi connectivity index (χ3n) is 4.92. The zero-order chi connectivity index (χ0) is 18.8. The van der Waals surface area contributed by atoms with E-state index in [2.05, 4.69) is 15.2 Å². The number of pyridine rings is 1. The fourth-order valence-corrected chi connectivity index (χ4v) is 3.81. The van der Waals surface area contributed by atoms with Crippen LogP contribution in [0.4, 0.5) is 15.8 Å². The van der Waals surface area contributed by atoms with E-state index in [0.29, 0.717) is 5.69 Å². The molecule has 1 aliphatic heterocycles. The number of anilines is 2. The van der Waals surface area contributed by atoms with Crippen molar-refractivity contribution in [1.82, 2.24) is 4.98 Å². The summed E-state index contributed by atoms with van der Waals surface area (Å²) < 4.78 is 13.2. The average Bonchev–Trinajstić information content (AvgIpc) is 2.69. The van der Waals surface area contributed by atoms with Crippen LogP contribution in [0.15, 0.2) is 48.8 Å². The van der Waals surface area contributed by atoms with E-state index in [0.717, 1.165) is 35.6 Å². The second-order valence-electron chi connectivity index (χ2n) is 6.68. The van der Waals surface area contributed by atoms with E-state index < -0.39 is 5.82 Å². The minimum absolute atomic E-state index is 0.0832. The highest BCUT2D eigenvalue weighted by Crippen LogP contribution is 2.33. The molecule has 0 radical (unpaired) electrons. The second kappa shape index (κ2) is 7.53. The van der Waals surface area contributed by atoms with Crippen LogP contribution in [-0.4, -0.2) is 24.0 Å². The molecule has 4 rings (SSSR count). The second-order valence-corrected chi connectivity index (χ2v) is 7.09. The van der Waals surface area contributed by atoms with E-state index in [-0.39, 0.29) is 16.5 Å². The fourth-order valence-electron chi connectivity index (χ4n) is 3.56. The van der Waals surface area contributed by atoms with Gasteiger partial charge in [0.15, 0.2) is 0 Å². The molecule has 0 atom stereocenters. The van der Waals surface area contributed by atoms with Gasteiger partial charge >= 0.3 is 0 Å². The summed E-state index contributed by atoms with van der Waals surface area (Å²) in [6.45, 7) is 2.07. The van der Waals surface area contributed by atoms with Crippen LogP contribution in [-0.2, 0) is 0 Å². The maximum atomic E-state index is 13.2. The molecule has 1 fully saturated rings. The van der Waals surface area contributed by atoms with E-state index >= 15 is 0 Å². The van der Waals surface area contributed by atoms with Gasteiger partial charge in [0.1, 0.15) is 5.82 Å². The Labute approximate surface area is 162 Å². The molecular formula is C21H19ClFN3O. The number of benzene rings is 2. The first-order chi connectivity index (χ1) is 13.1. The highest BCUT2D eigenvalue weighted by atomic mass is 35.5. The Morgan fingerprint density at radius 1 is 1.07 bits per heavy atom. The van der Waals surface area contributed by atoms with Crippen molar-refractivity contribution < 1.29 is 9.18 Å². The van der Waals surface area contributed by atoms with Gasteiger partial charge in [-0.2, -0.15) is 0 Å². The molecule has 1 N–H and O–H groups in total. The molecule has 0 spiro atoms. The molecule has 1 saturated heterocycles. The molecule has 27 heavy (non-hydrogen) atoms. The zero-order valence-corrected chi connectivity index (χ0v) is 15.5. The van der Waals surface area contributed by atoms with Gasteiger partial charge in [-0.3, -0.25) is 9.78 Å². The first kappa shape index (κ1) is 17.7. The largest absolute Gasteiger partial charge is 0.371 e. The van der Waals surface area contributed by atoms with Crippen LogP contribution in [0.2, 0.25) is 5.02 Å². The summed E-state index contributed by atoms with van der Waals surface area (Å²) in [6.07, 6.45) is 7.16. The first-order valence-electron chi connectivity index (χ1n) is 9.01. The SMILES string of the molecule is O=C(Nc1ccc(N2CCCCC2)c2ccncc12)c1ccc(F)cc1Cl. The first-order valence-corrected chi connectivity index (χ1v) is 9.39. The van der Waals surface area contributed by atoms with Crippen molar-refractivity contribution in [2.75, 3.05) is 23.3 Å². The monoisotopic (exact) mass is 383 g/mol. The molecule has 1 aliphatic rings. The van der Waals surface area contributed by atoms with Gasteiger partial charge in [0.05, 0.1) is 16.3 Å². The lowest BCUT2D eigenvalue weighted by Gasteiger charge is -2.30. The van der Waals surface area contributed by atoms with Gasteiger partial charge < -0.3 is 10.2 Å². The fraction of sp³-hybridized carbons (Fsp3) is 0.238. The Kier molecular flexibility index (Phi) is 4.94. The summed E-state index contributed by atoms with van der Waals surface area (Å²) >= 11 is 6.02. The van der Waals surface area contributed by atoms with Gasteiger partial charge in [-0.15, -0.1) is 0 Å². The van der Waals surface area contributed by atoms with Crippen molar-refractivity contribution in [1.29, 1.82) is 0 Å². The minimum atomic E-state index is -0.475. The van der Waals surface area contributed by atoms with E-state index in [1.807, 2.05) is 18.2 Å². The molecule has 4 nitrogen and oxygen atoms in total. The lowest BCUT2D eigenvalue weighted by Crippen LogP contribution is -2.29. The number of piperidine rings is 1. The minimum Gasteiger partial charge on any atom is -0.371 e. The Bertz CT molecular complexity index is 1000. The summed E-state index contributed by atoms with van der Waals surface area (Å²) in [5.74, 6) is -0.854. The summed E-state index contributed by atoms with van der Waals surface area (Å²) in [5, 5.41) is 4.89. The standard InChI is InChI=1S/C21H19ClFN3O/c22-18-12-14(23)4-5-16(18)21(27)25-19-6-7-20(26-10-2-1-3-11-26)15-8-9-24-13-17(15)19/h4-9,12-13H,1-3,10-11H2,(H,25,27). The number of nitrogens with one attached hydrogen (secondary N) is 1. The van der Waals surface area contributed by atoms with Gasteiger partial charge in [-0.25, -0.2) is 4.39 Å². The zero-order valence-electron chi connectivity index (χ0n) is 14.7. The number of hydrogen-bond donors (Lipinski definition) is 1. The average molecular weight is 384 g/mol. The van der Waals surface area contributed by atoms with Crippen molar-refractivity contribution in [3.8, 4) is 0 Å². The molecule has 0 unspecified atom stereocenters. The molecule has 0 aliphatic carbocycles. The van der Waals surface area contributed by atoms with Gasteiger partial charge in [0.2, 0.25) is 0 Å². The predicted octanol–water partition coefficient (Wildman–Crippen LogP) is 5.27. The molecule has 1 amide bonds. The molecular weight excluding hydrogens is 365 g/mol. The molecule has 1 aromatic heterocycles. The molecule has 138 valence electrons. The van der Waals surface area contributed by atoms with Crippen molar-refractivity contribution in [2.24, 2.45) is 0 Å². The normalized spacial score (nSPS) is 14.4. The molecule has 0 saturated carbocycles. The summed E-state index contributed by atoms with van der Waals surface area (Å²) in [5.41, 5.74) is 2.05. The van der Waals surface area contributed by atoms with Crippen molar-refractivity contribution >= 4 is 39.7 Å². The summed E-state index contributed by atoms with van der Waals surface area (Å²) in [6, 6.07) is 9.64. The van der Waals surface area contributed by atoms with Crippen LogP contribution in [0.3, 0.4) is 0 Å². The highest BCUT2D eigenvalue weighted by molar-refractivity contribution is 6.34. The third kappa shape index (κ3) is 3.60. The molecule has 3 aromatic rings. The van der Waals surface area contributed by atoms with Gasteiger partial charge in [0, 0.05) is 41.9 Å². The Morgan fingerprint density at radius 3 is 2.67 bits per heavy atom. The van der Waals surface area contributed by atoms with Crippen molar-refractivity contribution in [2.45, 2.75) is 19.3 Å². The molecule has 0 bridgehead atoms. The van der Waals surface area contributed by atoms with Crippen LogP contribution >= 0.6 is 11.6 Å². The summed E-state index contributed by atoms with van der Waals surface area (Å²) in [4.78, 5) is 19.2. The maximum absolute atomic E-state index is 13.2. The highest BCUT2D eigenvalue weighted by Gasteiger charge is 2.17. The lowest BCUT2D eigenvalue weighted by atomic mass is 10.0. The van der Waals surface area contributed by atoms with Crippen molar-refractivity contribution in [3.05, 3.63) is 65.2 Å². The van der Waals surface area contributed by atoms with Crippen LogP contribution in [0.1, 0.15) is 29.6 Å². The quantitative estimate of drug-likeness (QED) is 0.670. The number of nitrogens with zero attached hydrogens (tertiary/aromatic N) is 2. The number of carbonyl (C=O) groups is 1. The lowest BCUT2D eigenvalue weighted by molar-refractivity contribution is 0.102. The smallest absolute Gasteiger partial charge is 0.257 e. The van der Waals surface area contributed by atoms with E-state index in [1.54, 1.807) is 12.4 Å². The van der Waals surface area contributed by atoms with Crippen LogP contribution in [0.25, 0.3) is 10.8 Å². The Hall–Kier alpha value is -2.66. The number of rotatable bonds is 3. The number of hydrogen-bond acceptors (Lipinski definition) is 3. The summed E-state index contributed by atoms with van der Waals surface area (Å²) in [7, 11) is 0. The van der Waals surface area contributed by atoms with E-state index in [4.69, 9.17) is 11.6 Å². The van der Waals surface area contributed by atoms with Gasteiger partial charge in [-0.1, -0.05) is 11.6 Å².